The van der Waals surface area contributed by atoms with E-state index in [1.54, 1.807) is 12.1 Å². The zero-order valence-corrected chi connectivity index (χ0v) is 27.4. The summed E-state index contributed by atoms with van der Waals surface area (Å²) in [6.07, 6.45) is -0.386. The number of fused-ring (bicyclic) bond motifs is 3. The van der Waals surface area contributed by atoms with Gasteiger partial charge in [0.15, 0.2) is 5.66 Å². The predicted molar refractivity (Wildman–Crippen MR) is 174 cm³/mol. The van der Waals surface area contributed by atoms with Crippen molar-refractivity contribution in [2.45, 2.75) is 52.6 Å². The number of rotatable bonds is 5. The molecule has 1 aliphatic carbocycles. The van der Waals surface area contributed by atoms with E-state index in [9.17, 15) is 29.4 Å². The van der Waals surface area contributed by atoms with Crippen LogP contribution in [0.4, 0.5) is 4.79 Å². The Morgan fingerprint density at radius 2 is 1.79 bits per heavy atom. The molecule has 0 aromatic heterocycles. The van der Waals surface area contributed by atoms with E-state index in [0.29, 0.717) is 12.0 Å². The number of halogens is 3. The van der Waals surface area contributed by atoms with Gasteiger partial charge in [-0.05, 0) is 34.7 Å². The monoisotopic (exact) mass is 717 g/mol. The normalized spacial score (nSPS) is 26.6. The third kappa shape index (κ3) is 5.22. The SMILES string of the molecule is C=C1N[C@H]2[C@H](CN3C(=O)CCC3=O)N=C(NC(=O)OCC(Cl)(Cl)Cl)N3C[C@H](NC(=O)c4cccc5c4-c4ccccc4C5)C(O)(O)[C@]23N1. The first-order valence-electron chi connectivity index (χ1n) is 15.1. The number of nitrogens with zero attached hydrogens (tertiary/aromatic N) is 3. The molecule has 2 aromatic rings. The summed E-state index contributed by atoms with van der Waals surface area (Å²) in [5.41, 5.74) is 2.13. The molecule has 4 heterocycles. The third-order valence-corrected chi connectivity index (χ3v) is 9.69. The van der Waals surface area contributed by atoms with Crippen molar-refractivity contribution in [3.8, 4) is 11.1 Å². The summed E-state index contributed by atoms with van der Waals surface area (Å²) in [5, 5.41) is 35.5. The number of imide groups is 1. The first-order valence-corrected chi connectivity index (χ1v) is 16.2. The van der Waals surface area contributed by atoms with Gasteiger partial charge in [-0.1, -0.05) is 77.8 Å². The summed E-state index contributed by atoms with van der Waals surface area (Å²) in [5.74, 6) is -4.20. The number of guanidine groups is 1. The highest BCUT2D eigenvalue weighted by Gasteiger charge is 2.74. The van der Waals surface area contributed by atoms with Gasteiger partial charge in [0.05, 0.1) is 24.4 Å². The first-order chi connectivity index (χ1) is 22.7. The van der Waals surface area contributed by atoms with Gasteiger partial charge in [0, 0.05) is 24.9 Å². The maximum atomic E-state index is 14.0. The highest BCUT2D eigenvalue weighted by Crippen LogP contribution is 2.46. The second-order valence-corrected chi connectivity index (χ2v) is 14.8. The van der Waals surface area contributed by atoms with E-state index < -0.39 is 63.8 Å². The van der Waals surface area contributed by atoms with Crippen LogP contribution in [0.5, 0.6) is 0 Å². The largest absolute Gasteiger partial charge is 0.445 e. The lowest BCUT2D eigenvalue weighted by Gasteiger charge is -2.49. The van der Waals surface area contributed by atoms with Crippen molar-refractivity contribution in [1.82, 2.24) is 31.1 Å². The van der Waals surface area contributed by atoms with Crippen LogP contribution in [0.3, 0.4) is 0 Å². The van der Waals surface area contributed by atoms with Crippen LogP contribution in [0.25, 0.3) is 11.1 Å². The van der Waals surface area contributed by atoms with E-state index in [-0.39, 0.29) is 37.7 Å². The fraction of sp³-hybridized carbons (Fsp3) is 0.387. The predicted octanol–water partition coefficient (Wildman–Crippen LogP) is 1.07. The van der Waals surface area contributed by atoms with Crippen molar-refractivity contribution in [2.75, 3.05) is 19.7 Å². The molecule has 17 heteroatoms. The Kier molecular flexibility index (Phi) is 7.79. The number of aliphatic imine (C=N–C) groups is 1. The zero-order chi connectivity index (χ0) is 34.2. The van der Waals surface area contributed by atoms with Crippen molar-refractivity contribution in [3.63, 3.8) is 0 Å². The number of ether oxygens (including phenoxy) is 1. The molecule has 252 valence electrons. The molecule has 5 aliphatic rings. The second kappa shape index (κ2) is 11.5. The van der Waals surface area contributed by atoms with Crippen molar-refractivity contribution >= 4 is 64.6 Å². The van der Waals surface area contributed by atoms with Crippen LogP contribution in [0.2, 0.25) is 0 Å². The summed E-state index contributed by atoms with van der Waals surface area (Å²) in [6, 6.07) is 9.69. The van der Waals surface area contributed by atoms with Gasteiger partial charge in [-0.3, -0.25) is 24.6 Å². The van der Waals surface area contributed by atoms with Gasteiger partial charge in [-0.2, -0.15) is 0 Å². The molecule has 4 atom stereocenters. The highest BCUT2D eigenvalue weighted by molar-refractivity contribution is 6.67. The molecule has 7 rings (SSSR count). The van der Waals surface area contributed by atoms with Gasteiger partial charge in [0.1, 0.15) is 12.6 Å². The first kappa shape index (κ1) is 32.5. The van der Waals surface area contributed by atoms with Crippen molar-refractivity contribution in [1.29, 1.82) is 0 Å². The number of hydrogen-bond acceptors (Lipinski definition) is 11. The lowest BCUT2D eigenvalue weighted by molar-refractivity contribution is -0.231. The number of carbonyl (C=O) groups excluding carboxylic acids is 4. The summed E-state index contributed by atoms with van der Waals surface area (Å²) in [7, 11) is 0. The lowest BCUT2D eigenvalue weighted by Crippen LogP contribution is -2.78. The van der Waals surface area contributed by atoms with E-state index in [0.717, 1.165) is 27.2 Å². The average molecular weight is 719 g/mol. The van der Waals surface area contributed by atoms with Crippen molar-refractivity contribution < 1.29 is 34.1 Å². The molecule has 0 radical (unpaired) electrons. The minimum absolute atomic E-state index is 0.0236. The number of nitrogens with one attached hydrogen (secondary N) is 4. The fourth-order valence-corrected chi connectivity index (χ4v) is 7.50. The fourth-order valence-electron chi connectivity index (χ4n) is 7.33. The van der Waals surface area contributed by atoms with Gasteiger partial charge >= 0.3 is 6.09 Å². The molecule has 4 aliphatic heterocycles. The quantitative estimate of drug-likeness (QED) is 0.127. The van der Waals surface area contributed by atoms with E-state index >= 15 is 0 Å². The maximum absolute atomic E-state index is 14.0. The number of likely N-dealkylation sites (tertiary alicyclic amines) is 1. The Bertz CT molecular complexity index is 1780. The molecule has 3 fully saturated rings. The number of aliphatic hydroxyl groups is 2. The molecule has 2 aromatic carbocycles. The third-order valence-electron chi connectivity index (χ3n) is 9.36. The van der Waals surface area contributed by atoms with Crippen molar-refractivity contribution in [2.24, 2.45) is 4.99 Å². The zero-order valence-electron chi connectivity index (χ0n) is 25.1. The molecule has 0 bridgehead atoms. The van der Waals surface area contributed by atoms with Gasteiger partial charge in [-0.25, -0.2) is 9.79 Å². The second-order valence-electron chi connectivity index (χ2n) is 12.3. The molecule has 0 unspecified atom stereocenters. The smallest absolute Gasteiger partial charge is 0.414 e. The Hall–Kier alpha value is -4.08. The number of hydrogen-bond donors (Lipinski definition) is 6. The Balaban J connectivity index is 1.24. The maximum Gasteiger partial charge on any atom is 0.414 e. The lowest BCUT2D eigenvalue weighted by atomic mass is 9.85. The minimum Gasteiger partial charge on any atom is -0.445 e. The molecule has 14 nitrogen and oxygen atoms in total. The summed E-state index contributed by atoms with van der Waals surface area (Å²) >= 11 is 17.2. The van der Waals surface area contributed by atoms with E-state index in [2.05, 4.69) is 32.8 Å². The number of carbonyl (C=O) groups is 4. The van der Waals surface area contributed by atoms with Crippen molar-refractivity contribution in [3.05, 3.63) is 71.6 Å². The molecule has 3 saturated heterocycles. The van der Waals surface area contributed by atoms with Gasteiger partial charge in [0.25, 0.3) is 5.91 Å². The van der Waals surface area contributed by atoms with Crippen LogP contribution in [0, 0.1) is 0 Å². The van der Waals surface area contributed by atoms with Crippen LogP contribution in [-0.4, -0.2) is 103 Å². The van der Waals surface area contributed by atoms with Crippen LogP contribution >= 0.6 is 34.8 Å². The van der Waals surface area contributed by atoms with Gasteiger partial charge < -0.3 is 35.8 Å². The van der Waals surface area contributed by atoms with E-state index in [1.165, 1.54) is 4.90 Å². The number of amides is 4. The minimum atomic E-state index is -2.77. The van der Waals surface area contributed by atoms with Crippen LogP contribution < -0.4 is 21.3 Å². The Morgan fingerprint density at radius 3 is 2.52 bits per heavy atom. The molecule has 4 amide bonds. The van der Waals surface area contributed by atoms with Gasteiger partial charge in [0.2, 0.25) is 27.4 Å². The summed E-state index contributed by atoms with van der Waals surface area (Å²) < 4.78 is 3.12. The topological polar surface area (TPSA) is 185 Å². The Labute approximate surface area is 289 Å². The van der Waals surface area contributed by atoms with Crippen LogP contribution in [-0.2, 0) is 20.7 Å². The molecule has 0 saturated carbocycles. The highest BCUT2D eigenvalue weighted by atomic mass is 35.6. The van der Waals surface area contributed by atoms with Gasteiger partial charge in [-0.15, -0.1) is 0 Å². The number of benzene rings is 2. The summed E-state index contributed by atoms with van der Waals surface area (Å²) in [4.78, 5) is 59.1. The number of alkyl halides is 3. The average Bonchev–Trinajstić information content (AvgIpc) is 3.74. The Morgan fingerprint density at radius 1 is 1.08 bits per heavy atom. The molecular weight excluding hydrogens is 689 g/mol. The van der Waals surface area contributed by atoms with Crippen LogP contribution in [0.1, 0.15) is 34.3 Å². The molecule has 6 N–H and O–H groups in total. The standard InChI is InChI=1S/C31H30Cl3N7O7/c1-15-35-25-20(12-40-22(42)9-10-23(40)43)36-27(38-28(45)48-14-29(32,33)34)41-13-21(31(46,47)30(25,41)39-15)37-26(44)19-8-4-6-17-11-16-5-2-3-7-18(16)24(17)19/h2-8,20-21,25,35,39,46-47H,1,9-14H2,(H,37,44)(H,36,38,45)/t20-,21-,25-,30-/m0/s1. The van der Waals surface area contributed by atoms with E-state index in [4.69, 9.17) is 39.5 Å². The summed E-state index contributed by atoms with van der Waals surface area (Å²) in [6.45, 7) is 2.77. The van der Waals surface area contributed by atoms with E-state index in [1.807, 2.05) is 30.3 Å². The molecule has 48 heavy (non-hydrogen) atoms. The van der Waals surface area contributed by atoms with Crippen LogP contribution in [0.15, 0.2) is 59.9 Å². The number of alkyl carbamates (subject to hydrolysis) is 1. The molecule has 1 spiro atoms. The molecular formula is C31H30Cl3N7O7.